The van der Waals surface area contributed by atoms with E-state index in [-0.39, 0.29) is 10.7 Å². The second-order valence-corrected chi connectivity index (χ2v) is 5.60. The van der Waals surface area contributed by atoms with E-state index in [9.17, 15) is 9.18 Å². The van der Waals surface area contributed by atoms with Gasteiger partial charge in [-0.1, -0.05) is 17.7 Å². The first kappa shape index (κ1) is 14.9. The second kappa shape index (κ2) is 5.89. The first-order valence-corrected chi connectivity index (χ1v) is 6.94. The zero-order chi connectivity index (χ0) is 14.9. The molecule has 1 N–H and O–H groups in total. The first-order valence-electron chi connectivity index (χ1n) is 5.77. The van der Waals surface area contributed by atoms with Crippen LogP contribution in [0.3, 0.4) is 0 Å². The maximum absolute atomic E-state index is 13.1. The molecule has 2 aromatic rings. The number of amides is 1. The average molecular weight is 358 g/mol. The highest BCUT2D eigenvalue weighted by atomic mass is 79.9. The van der Waals surface area contributed by atoms with Gasteiger partial charge in [-0.15, -0.1) is 0 Å². The summed E-state index contributed by atoms with van der Waals surface area (Å²) in [4.78, 5) is 15.8. The Morgan fingerprint density at radius 1 is 1.35 bits per heavy atom. The number of nitrogens with one attached hydrogen (secondary N) is 1. The third-order valence-electron chi connectivity index (χ3n) is 2.72. The number of aromatic nitrogens is 1. The molecule has 0 spiro atoms. The Balaban J connectivity index is 2.35. The van der Waals surface area contributed by atoms with Gasteiger partial charge in [0.25, 0.3) is 5.91 Å². The minimum Gasteiger partial charge on any atom is -0.321 e. The van der Waals surface area contributed by atoms with Crippen LogP contribution in [0.4, 0.5) is 10.1 Å². The van der Waals surface area contributed by atoms with Crippen molar-refractivity contribution in [3.05, 3.63) is 56.5 Å². The van der Waals surface area contributed by atoms with E-state index >= 15 is 0 Å². The van der Waals surface area contributed by atoms with Gasteiger partial charge in [0.05, 0.1) is 17.4 Å². The normalized spacial score (nSPS) is 10.4. The van der Waals surface area contributed by atoms with Crippen LogP contribution in [0.15, 0.2) is 28.9 Å². The lowest BCUT2D eigenvalue weighted by molar-refractivity contribution is 0.102. The van der Waals surface area contributed by atoms with Gasteiger partial charge < -0.3 is 5.32 Å². The Labute approximate surface area is 129 Å². The van der Waals surface area contributed by atoms with Crippen molar-refractivity contribution in [3.63, 3.8) is 0 Å². The Morgan fingerprint density at radius 2 is 2.05 bits per heavy atom. The van der Waals surface area contributed by atoms with Crippen LogP contribution in [-0.2, 0) is 0 Å². The van der Waals surface area contributed by atoms with Gasteiger partial charge in [0.2, 0.25) is 0 Å². The van der Waals surface area contributed by atoms with Crippen LogP contribution >= 0.6 is 27.5 Å². The molecule has 0 unspecified atom stereocenters. The molecule has 0 bridgehead atoms. The molecule has 104 valence electrons. The summed E-state index contributed by atoms with van der Waals surface area (Å²) in [6.07, 6.45) is 0.964. The van der Waals surface area contributed by atoms with Crippen LogP contribution < -0.4 is 5.32 Å². The van der Waals surface area contributed by atoms with Gasteiger partial charge in [-0.25, -0.2) is 9.37 Å². The van der Waals surface area contributed by atoms with E-state index in [4.69, 9.17) is 11.6 Å². The molecular weight excluding hydrogens is 347 g/mol. The molecule has 1 aromatic heterocycles. The molecule has 1 heterocycles. The van der Waals surface area contributed by atoms with Crippen molar-refractivity contribution >= 4 is 39.1 Å². The van der Waals surface area contributed by atoms with Crippen molar-refractivity contribution in [1.82, 2.24) is 4.98 Å². The molecule has 0 aliphatic carbocycles. The van der Waals surface area contributed by atoms with E-state index in [0.717, 1.165) is 27.9 Å². The topological polar surface area (TPSA) is 42.0 Å². The number of nitrogens with zero attached hydrogens (tertiary/aromatic N) is 1. The van der Waals surface area contributed by atoms with Gasteiger partial charge in [-0.3, -0.25) is 4.79 Å². The SMILES string of the molecule is Cc1cc(C)c(NC(=O)c2cc(F)cnc2Cl)c(Br)c1. The predicted molar refractivity (Wildman–Crippen MR) is 80.8 cm³/mol. The summed E-state index contributed by atoms with van der Waals surface area (Å²) in [5, 5.41) is 2.68. The Morgan fingerprint density at radius 3 is 2.70 bits per heavy atom. The summed E-state index contributed by atoms with van der Waals surface area (Å²) >= 11 is 9.21. The van der Waals surface area contributed by atoms with Crippen molar-refractivity contribution in [3.8, 4) is 0 Å². The Bertz CT molecular complexity index is 668. The van der Waals surface area contributed by atoms with Crippen molar-refractivity contribution in [2.75, 3.05) is 5.32 Å². The van der Waals surface area contributed by atoms with Gasteiger partial charge in [0, 0.05) is 4.47 Å². The number of benzene rings is 1. The zero-order valence-corrected chi connectivity index (χ0v) is 13.1. The lowest BCUT2D eigenvalue weighted by Crippen LogP contribution is -2.14. The largest absolute Gasteiger partial charge is 0.321 e. The monoisotopic (exact) mass is 356 g/mol. The highest BCUT2D eigenvalue weighted by Crippen LogP contribution is 2.28. The molecule has 6 heteroatoms. The number of aryl methyl sites for hydroxylation is 2. The standard InChI is InChI=1S/C14H11BrClFN2O/c1-7-3-8(2)12(11(15)4-7)19-14(20)10-5-9(17)6-18-13(10)16/h3-6H,1-2H3,(H,19,20). The van der Waals surface area contributed by atoms with Gasteiger partial charge >= 0.3 is 0 Å². The molecule has 2 rings (SSSR count). The highest BCUT2D eigenvalue weighted by molar-refractivity contribution is 9.10. The number of anilines is 1. The minimum absolute atomic E-state index is 0.00135. The molecule has 0 atom stereocenters. The van der Waals surface area contributed by atoms with Gasteiger partial charge in [0.15, 0.2) is 0 Å². The fourth-order valence-electron chi connectivity index (χ4n) is 1.84. The number of hydrogen-bond donors (Lipinski definition) is 1. The first-order chi connectivity index (χ1) is 9.38. The van der Waals surface area contributed by atoms with E-state index in [0.29, 0.717) is 5.69 Å². The molecule has 1 amide bonds. The molecule has 0 aliphatic heterocycles. The molecule has 0 aliphatic rings. The van der Waals surface area contributed by atoms with E-state index in [1.165, 1.54) is 0 Å². The minimum atomic E-state index is -0.612. The van der Waals surface area contributed by atoms with Gasteiger partial charge in [-0.05, 0) is 53.0 Å². The Kier molecular flexibility index (Phi) is 4.40. The fraction of sp³-hybridized carbons (Fsp3) is 0.143. The van der Waals surface area contributed by atoms with Crippen LogP contribution in [0.5, 0.6) is 0 Å². The summed E-state index contributed by atoms with van der Waals surface area (Å²) < 4.78 is 13.9. The summed E-state index contributed by atoms with van der Waals surface area (Å²) in [6, 6.07) is 4.88. The molecule has 0 saturated heterocycles. The lowest BCUT2D eigenvalue weighted by Gasteiger charge is -2.12. The highest BCUT2D eigenvalue weighted by Gasteiger charge is 2.15. The number of pyridine rings is 1. The number of carbonyl (C=O) groups excluding carboxylic acids is 1. The van der Waals surface area contributed by atoms with Crippen LogP contribution in [-0.4, -0.2) is 10.9 Å². The molecule has 1 aromatic carbocycles. The smallest absolute Gasteiger partial charge is 0.258 e. The van der Waals surface area contributed by atoms with E-state index < -0.39 is 11.7 Å². The molecule has 0 saturated carbocycles. The zero-order valence-electron chi connectivity index (χ0n) is 10.8. The van der Waals surface area contributed by atoms with E-state index in [2.05, 4.69) is 26.2 Å². The van der Waals surface area contributed by atoms with Crippen molar-refractivity contribution in [2.45, 2.75) is 13.8 Å². The third-order valence-corrected chi connectivity index (χ3v) is 3.65. The molecule has 3 nitrogen and oxygen atoms in total. The maximum Gasteiger partial charge on any atom is 0.258 e. The summed E-state index contributed by atoms with van der Waals surface area (Å²) in [7, 11) is 0. The van der Waals surface area contributed by atoms with Crippen LogP contribution in [0.1, 0.15) is 21.5 Å². The Hall–Kier alpha value is -1.46. The summed E-state index contributed by atoms with van der Waals surface area (Å²) in [6.45, 7) is 3.83. The lowest BCUT2D eigenvalue weighted by atomic mass is 10.1. The summed E-state index contributed by atoms with van der Waals surface area (Å²) in [5.74, 6) is -1.12. The van der Waals surface area contributed by atoms with E-state index in [1.54, 1.807) is 0 Å². The van der Waals surface area contributed by atoms with E-state index in [1.807, 2.05) is 26.0 Å². The van der Waals surface area contributed by atoms with Gasteiger partial charge in [-0.2, -0.15) is 0 Å². The van der Waals surface area contributed by atoms with Gasteiger partial charge in [0.1, 0.15) is 11.0 Å². The molecular formula is C14H11BrClFN2O. The second-order valence-electron chi connectivity index (χ2n) is 4.38. The van der Waals surface area contributed by atoms with Crippen LogP contribution in [0.2, 0.25) is 5.15 Å². The predicted octanol–water partition coefficient (Wildman–Crippen LogP) is 4.51. The van der Waals surface area contributed by atoms with Crippen LogP contribution in [0.25, 0.3) is 0 Å². The number of rotatable bonds is 2. The maximum atomic E-state index is 13.1. The molecule has 20 heavy (non-hydrogen) atoms. The van der Waals surface area contributed by atoms with Crippen LogP contribution in [0, 0.1) is 19.7 Å². The summed E-state index contributed by atoms with van der Waals surface area (Å²) in [5.41, 5.74) is 2.59. The molecule has 0 fully saturated rings. The molecule has 0 radical (unpaired) electrons. The van der Waals surface area contributed by atoms with Crippen molar-refractivity contribution in [1.29, 1.82) is 0 Å². The van der Waals surface area contributed by atoms with Crippen molar-refractivity contribution in [2.24, 2.45) is 0 Å². The number of carbonyl (C=O) groups is 1. The third kappa shape index (κ3) is 3.16. The fourth-order valence-corrected chi connectivity index (χ4v) is 2.80. The quantitative estimate of drug-likeness (QED) is 0.804. The number of hydrogen-bond acceptors (Lipinski definition) is 2. The average Bonchev–Trinajstić information content (AvgIpc) is 2.36. The number of halogens is 3. The van der Waals surface area contributed by atoms with Crippen molar-refractivity contribution < 1.29 is 9.18 Å².